The SMILES string of the molecule is Cl.Cl.O=C(O)c1c[nH]c2ccc(F)c(Cl)c12.O=C(OCC12CCN(CC1)CC2)C1=CCc2ccc(F)c(Cl)c21.O=C(OCC12CCN(CC1)CC2)C1=CCc2ccc(F)c(Cl)c21.[B][N+]12CCC(CO)(CC1)CC2. The molecule has 9 aliphatic heterocycles. The van der Waals surface area contributed by atoms with E-state index in [0.29, 0.717) is 60.5 Å². The third kappa shape index (κ3) is 12.0. The highest BCUT2D eigenvalue weighted by atomic mass is 35.5. The van der Waals surface area contributed by atoms with Crippen LogP contribution in [0.4, 0.5) is 13.2 Å². The van der Waals surface area contributed by atoms with Crippen molar-refractivity contribution in [3.63, 3.8) is 0 Å². The van der Waals surface area contributed by atoms with Gasteiger partial charge in [0.1, 0.15) is 17.5 Å². The predicted octanol–water partition coefficient (Wildman–Crippen LogP) is 10.5. The van der Waals surface area contributed by atoms with Crippen molar-refractivity contribution < 1.29 is 51.6 Å². The molecular weight excluding hydrogens is 1050 g/mol. The van der Waals surface area contributed by atoms with Crippen molar-refractivity contribution in [2.24, 2.45) is 16.2 Å². The summed E-state index contributed by atoms with van der Waals surface area (Å²) in [5.74, 6) is -3.50. The van der Waals surface area contributed by atoms with E-state index in [1.54, 1.807) is 24.3 Å². The van der Waals surface area contributed by atoms with Gasteiger partial charge in [0.15, 0.2) is 0 Å². The van der Waals surface area contributed by atoms with E-state index in [1.165, 1.54) is 30.5 Å². The summed E-state index contributed by atoms with van der Waals surface area (Å²) in [7, 11) is 6.07. The first-order valence-electron chi connectivity index (χ1n) is 24.5. The Morgan fingerprint density at radius 3 is 1.42 bits per heavy atom. The molecule has 10 heterocycles. The second-order valence-electron chi connectivity index (χ2n) is 20.9. The number of hydrogen-bond donors (Lipinski definition) is 3. The van der Waals surface area contributed by atoms with Gasteiger partial charge in [-0.05, 0) is 126 Å². The number of allylic oxidation sites excluding steroid dienone is 2. The number of esters is 2. The minimum Gasteiger partial charge on any atom is -0.478 e. The van der Waals surface area contributed by atoms with Gasteiger partial charge in [-0.1, -0.05) is 59.1 Å². The largest absolute Gasteiger partial charge is 0.481 e. The first kappa shape index (κ1) is 57.0. The molecule has 0 spiro atoms. The molecule has 0 unspecified atom stereocenters. The van der Waals surface area contributed by atoms with Crippen molar-refractivity contribution in [2.45, 2.75) is 70.6 Å². The van der Waals surface area contributed by atoms with E-state index in [1.807, 2.05) is 0 Å². The zero-order chi connectivity index (χ0) is 50.3. The van der Waals surface area contributed by atoms with Crippen LogP contribution < -0.4 is 0 Å². The molecule has 4 aromatic rings. The highest BCUT2D eigenvalue weighted by Gasteiger charge is 2.46. The number of rotatable bonds is 8. The molecule has 392 valence electrons. The summed E-state index contributed by atoms with van der Waals surface area (Å²) >= 11 is 17.8. The number of H-pyrrole nitrogens is 1. The fourth-order valence-corrected chi connectivity index (χ4v) is 12.4. The molecule has 15 rings (SSSR count). The molecule has 0 saturated carbocycles. The van der Waals surface area contributed by atoms with Crippen molar-refractivity contribution >= 4 is 108 Å². The first-order valence-corrected chi connectivity index (χ1v) is 25.7. The van der Waals surface area contributed by atoms with Crippen LogP contribution in [0.2, 0.25) is 15.1 Å². The van der Waals surface area contributed by atoms with Crippen LogP contribution in [0.5, 0.6) is 0 Å². The van der Waals surface area contributed by atoms with Crippen LogP contribution >= 0.6 is 59.6 Å². The number of halogens is 8. The minimum absolute atomic E-state index is 0. The van der Waals surface area contributed by atoms with Crippen molar-refractivity contribution in [2.75, 3.05) is 78.7 Å². The standard InChI is InChI=1S/2C18H19ClFNO2.C9H5ClFNO2.C8H15BNO.2ClH/c2*19-16-14(20)4-2-12-1-3-13(15(12)16)17(22)23-11-18-5-8-21(9-6-18)10-7-18;10-8-5(11)1-2-6-7(8)4(3-12-6)9(13)14;9-10-4-1-8(7-11,2-5-10)3-6-10;;/h2*2-4H,1,5-11H2;1-3,12H,(H,13,14);11H,1-7H2;2*1H/q;;;+1;;. The Morgan fingerprint density at radius 2 is 1.03 bits per heavy atom. The molecule has 1 aromatic heterocycles. The van der Waals surface area contributed by atoms with Gasteiger partial charge in [0.2, 0.25) is 0 Å². The van der Waals surface area contributed by atoms with E-state index < -0.39 is 23.4 Å². The Morgan fingerprint density at radius 1 is 0.630 bits per heavy atom. The topological polar surface area (TPSA) is 132 Å². The predicted molar refractivity (Wildman–Crippen MR) is 282 cm³/mol. The molecular formula is C53H60BCl5F3N4O7+. The maximum Gasteiger partial charge on any atom is 0.481 e. The molecule has 9 fully saturated rings. The number of carbonyl (C=O) groups excluding carboxylic acids is 2. The summed E-state index contributed by atoms with van der Waals surface area (Å²) < 4.78 is 52.4. The summed E-state index contributed by atoms with van der Waals surface area (Å²) in [6.07, 6.45) is 16.0. The molecule has 0 atom stereocenters. The summed E-state index contributed by atoms with van der Waals surface area (Å²) in [6.45, 7) is 11.1. The number of carboxylic acid groups (broad SMARTS) is 1. The summed E-state index contributed by atoms with van der Waals surface area (Å²) in [6, 6.07) is 8.69. The van der Waals surface area contributed by atoms with Crippen LogP contribution in [-0.4, -0.2) is 134 Å². The molecule has 3 aromatic carbocycles. The van der Waals surface area contributed by atoms with Crippen LogP contribution in [0.25, 0.3) is 22.0 Å². The smallest absolute Gasteiger partial charge is 0.478 e. The lowest BCUT2D eigenvalue weighted by Gasteiger charge is -2.53. The number of aliphatic hydroxyl groups is 1. The van der Waals surface area contributed by atoms with E-state index in [0.717, 1.165) is 132 Å². The Labute approximate surface area is 452 Å². The quantitative estimate of drug-likeness (QED) is 0.117. The third-order valence-electron chi connectivity index (χ3n) is 16.7. The Bertz CT molecular complexity index is 2620. The lowest BCUT2D eigenvalue weighted by Crippen LogP contribution is -2.61. The van der Waals surface area contributed by atoms with Crippen LogP contribution in [0, 0.1) is 33.7 Å². The number of nitrogens with one attached hydrogen (secondary N) is 1. The Hall–Kier alpha value is -3.77. The summed E-state index contributed by atoms with van der Waals surface area (Å²) in [4.78, 5) is 43.4. The zero-order valence-electron chi connectivity index (χ0n) is 40.4. The van der Waals surface area contributed by atoms with Gasteiger partial charge < -0.3 is 38.9 Å². The maximum absolute atomic E-state index is 13.7. The van der Waals surface area contributed by atoms with Gasteiger partial charge in [0, 0.05) is 70.3 Å². The van der Waals surface area contributed by atoms with E-state index in [-0.39, 0.29) is 79.0 Å². The van der Waals surface area contributed by atoms with Gasteiger partial charge in [0.25, 0.3) is 0 Å². The van der Waals surface area contributed by atoms with Gasteiger partial charge in [-0.25, -0.2) is 27.6 Å². The van der Waals surface area contributed by atoms with Gasteiger partial charge >= 0.3 is 25.9 Å². The number of hydrogen-bond acceptors (Lipinski definition) is 8. The molecule has 20 heteroatoms. The molecule has 3 N–H and O–H groups in total. The number of nitrogens with zero attached hydrogens (tertiary/aromatic N) is 3. The molecule has 0 amide bonds. The molecule has 9 saturated heterocycles. The fraction of sp³-hybridized carbons (Fsp3) is 0.491. The first-order chi connectivity index (χ1) is 33.9. The lowest BCUT2D eigenvalue weighted by atomic mass is 9.70. The van der Waals surface area contributed by atoms with Crippen LogP contribution in [0.1, 0.15) is 90.4 Å². The Balaban J connectivity index is 0.000000147. The van der Waals surface area contributed by atoms with Crippen LogP contribution in [0.15, 0.2) is 54.7 Å². The van der Waals surface area contributed by atoms with E-state index in [4.69, 9.17) is 57.4 Å². The second kappa shape index (κ2) is 23.2. The number of carbonyl (C=O) groups is 3. The normalized spacial score (nSPS) is 27.4. The van der Waals surface area contributed by atoms with Gasteiger partial charge in [-0.2, -0.15) is 0 Å². The lowest BCUT2D eigenvalue weighted by molar-refractivity contribution is -0.839. The average molecular weight is 1110 g/mol. The number of aliphatic hydroxyl groups excluding tert-OH is 1. The number of benzene rings is 3. The zero-order valence-corrected chi connectivity index (χ0v) is 44.3. The van der Waals surface area contributed by atoms with Crippen molar-refractivity contribution in [3.8, 4) is 0 Å². The maximum atomic E-state index is 13.7. The van der Waals surface area contributed by atoms with E-state index in [2.05, 4.69) is 14.8 Å². The summed E-state index contributed by atoms with van der Waals surface area (Å²) in [5, 5.41) is 18.1. The van der Waals surface area contributed by atoms with E-state index in [9.17, 15) is 32.7 Å². The second-order valence-corrected chi connectivity index (χ2v) is 22.0. The number of piperidine rings is 9. The molecule has 11 nitrogen and oxygen atoms in total. The van der Waals surface area contributed by atoms with Gasteiger partial charge in [-0.3, -0.25) is 0 Å². The molecule has 2 aliphatic carbocycles. The van der Waals surface area contributed by atoms with Crippen molar-refractivity contribution in [1.29, 1.82) is 0 Å². The molecule has 2 radical (unpaired) electrons. The highest BCUT2D eigenvalue weighted by Crippen LogP contribution is 2.44. The highest BCUT2D eigenvalue weighted by molar-refractivity contribution is 6.37. The van der Waals surface area contributed by atoms with Crippen LogP contribution in [0.3, 0.4) is 0 Å². The number of carboxylic acids is 1. The number of fused-ring (bicyclic) bond motifs is 12. The minimum atomic E-state index is -1.14. The van der Waals surface area contributed by atoms with Crippen LogP contribution in [-0.2, 0) is 31.9 Å². The molecule has 6 bridgehead atoms. The molecule has 11 aliphatic rings. The van der Waals surface area contributed by atoms with Gasteiger partial charge in [-0.15, -0.1) is 24.8 Å². The number of aromatic nitrogens is 1. The average Bonchev–Trinajstić information content (AvgIpc) is 4.17. The monoisotopic (exact) mass is 1110 g/mol. The Kier molecular flexibility index (Phi) is 18.1. The number of aromatic amines is 1. The number of aromatic carboxylic acids is 1. The van der Waals surface area contributed by atoms with Crippen molar-refractivity contribution in [1.82, 2.24) is 14.8 Å². The van der Waals surface area contributed by atoms with Crippen molar-refractivity contribution in [3.05, 3.63) is 115 Å². The molecule has 73 heavy (non-hydrogen) atoms. The third-order valence-corrected chi connectivity index (χ3v) is 17.8. The van der Waals surface area contributed by atoms with Gasteiger partial charge in [0.05, 0.1) is 64.6 Å². The van der Waals surface area contributed by atoms with E-state index >= 15 is 0 Å². The summed E-state index contributed by atoms with van der Waals surface area (Å²) in [5.41, 5.74) is 4.62. The fourth-order valence-electron chi connectivity index (χ4n) is 11.6. The number of ether oxygens (including phenoxy) is 2. The number of quaternary nitrogens is 1.